The molecule has 132 valence electrons. The highest BCUT2D eigenvalue weighted by Gasteiger charge is 2.27. The SMILES string of the molecule is COc1cc([N+](=O)[O-])c(S(=O)(=O)O)cc1N=Nc1ccc(O)cc1O. The monoisotopic (exact) mass is 369 g/mol. The molecule has 0 aliphatic rings. The molecule has 0 saturated carbocycles. The van der Waals surface area contributed by atoms with Gasteiger partial charge in [-0.1, -0.05) is 0 Å². The van der Waals surface area contributed by atoms with E-state index in [0.29, 0.717) is 6.07 Å². The molecule has 0 bridgehead atoms. The van der Waals surface area contributed by atoms with E-state index in [-0.39, 0.29) is 22.9 Å². The van der Waals surface area contributed by atoms with Gasteiger partial charge in [0.2, 0.25) is 0 Å². The molecule has 0 heterocycles. The smallest absolute Gasteiger partial charge is 0.301 e. The van der Waals surface area contributed by atoms with Crippen LogP contribution < -0.4 is 4.74 Å². The van der Waals surface area contributed by atoms with Gasteiger partial charge in [-0.15, -0.1) is 10.2 Å². The first-order valence-electron chi connectivity index (χ1n) is 6.41. The number of ether oxygens (including phenoxy) is 1. The molecule has 0 atom stereocenters. The summed E-state index contributed by atoms with van der Waals surface area (Å²) in [6.45, 7) is 0. The summed E-state index contributed by atoms with van der Waals surface area (Å²) in [5.41, 5.74) is -1.20. The van der Waals surface area contributed by atoms with Crippen molar-refractivity contribution in [2.45, 2.75) is 4.90 Å². The number of benzene rings is 2. The molecule has 0 saturated heterocycles. The number of azo groups is 1. The molecule has 0 fully saturated rings. The average Bonchev–Trinajstić information content (AvgIpc) is 2.52. The summed E-state index contributed by atoms with van der Waals surface area (Å²) >= 11 is 0. The van der Waals surface area contributed by atoms with Gasteiger partial charge < -0.3 is 14.9 Å². The largest absolute Gasteiger partial charge is 0.508 e. The van der Waals surface area contributed by atoms with Crippen LogP contribution in [0.3, 0.4) is 0 Å². The lowest BCUT2D eigenvalue weighted by atomic mass is 10.2. The van der Waals surface area contributed by atoms with Crippen molar-refractivity contribution >= 4 is 27.2 Å². The quantitative estimate of drug-likeness (QED) is 0.312. The first-order chi connectivity index (χ1) is 11.6. The highest BCUT2D eigenvalue weighted by molar-refractivity contribution is 7.86. The van der Waals surface area contributed by atoms with Gasteiger partial charge in [-0.25, -0.2) is 0 Å². The maximum Gasteiger partial charge on any atom is 0.301 e. The molecule has 0 unspecified atom stereocenters. The van der Waals surface area contributed by atoms with Gasteiger partial charge in [0.15, 0.2) is 10.6 Å². The molecule has 25 heavy (non-hydrogen) atoms. The van der Waals surface area contributed by atoms with Crippen LogP contribution in [0.1, 0.15) is 0 Å². The van der Waals surface area contributed by atoms with Crippen molar-refractivity contribution in [3.63, 3.8) is 0 Å². The van der Waals surface area contributed by atoms with Gasteiger partial charge in [-0.05, 0) is 18.2 Å². The number of aromatic hydroxyl groups is 2. The maximum atomic E-state index is 11.3. The molecule has 0 radical (unpaired) electrons. The van der Waals surface area contributed by atoms with Crippen LogP contribution in [0.25, 0.3) is 0 Å². The Balaban J connectivity index is 2.60. The van der Waals surface area contributed by atoms with E-state index >= 15 is 0 Å². The van der Waals surface area contributed by atoms with Gasteiger partial charge in [-0.3, -0.25) is 14.7 Å². The molecule has 0 aliphatic heterocycles. The van der Waals surface area contributed by atoms with Crippen LogP contribution in [0.2, 0.25) is 0 Å². The Hall–Kier alpha value is -3.25. The van der Waals surface area contributed by atoms with Gasteiger partial charge in [0, 0.05) is 6.07 Å². The predicted molar refractivity (Wildman–Crippen MR) is 83.4 cm³/mol. The van der Waals surface area contributed by atoms with Gasteiger partial charge in [0.1, 0.15) is 22.9 Å². The molecular formula is C13H11N3O8S. The highest BCUT2D eigenvalue weighted by Crippen LogP contribution is 2.39. The second-order valence-electron chi connectivity index (χ2n) is 4.60. The lowest BCUT2D eigenvalue weighted by molar-refractivity contribution is -0.387. The number of methoxy groups -OCH3 is 1. The molecule has 0 amide bonds. The zero-order valence-electron chi connectivity index (χ0n) is 12.5. The van der Waals surface area contributed by atoms with Crippen LogP contribution in [-0.4, -0.2) is 35.2 Å². The minimum absolute atomic E-state index is 0.0633. The lowest BCUT2D eigenvalue weighted by Crippen LogP contribution is -2.03. The number of phenolic OH excluding ortho intramolecular Hbond substituents is 2. The number of hydrogen-bond donors (Lipinski definition) is 3. The summed E-state index contributed by atoms with van der Waals surface area (Å²) in [7, 11) is -3.73. The number of nitro benzene ring substituents is 1. The molecule has 3 N–H and O–H groups in total. The van der Waals surface area contributed by atoms with Crippen molar-refractivity contribution in [1.29, 1.82) is 0 Å². The summed E-state index contributed by atoms with van der Waals surface area (Å²) in [6, 6.07) is 4.95. The van der Waals surface area contributed by atoms with Gasteiger partial charge in [-0.2, -0.15) is 8.42 Å². The number of nitro groups is 1. The van der Waals surface area contributed by atoms with Crippen molar-refractivity contribution in [1.82, 2.24) is 0 Å². The van der Waals surface area contributed by atoms with Crippen LogP contribution in [-0.2, 0) is 10.1 Å². The fourth-order valence-electron chi connectivity index (χ4n) is 1.83. The zero-order chi connectivity index (χ0) is 18.8. The highest BCUT2D eigenvalue weighted by atomic mass is 32.2. The summed E-state index contributed by atoms with van der Waals surface area (Å²) in [5, 5.41) is 37.1. The summed E-state index contributed by atoms with van der Waals surface area (Å²) in [5.74, 6) is -0.793. The summed E-state index contributed by atoms with van der Waals surface area (Å²) in [6.07, 6.45) is 0. The summed E-state index contributed by atoms with van der Waals surface area (Å²) in [4.78, 5) is 8.98. The van der Waals surface area contributed by atoms with E-state index in [1.165, 1.54) is 19.2 Å². The Morgan fingerprint density at radius 3 is 2.28 bits per heavy atom. The number of hydrogen-bond acceptors (Lipinski definition) is 9. The molecule has 0 aromatic heterocycles. The van der Waals surface area contributed by atoms with Gasteiger partial charge in [0.25, 0.3) is 5.69 Å². The predicted octanol–water partition coefficient (Wildman–Crippen LogP) is 2.68. The standard InChI is InChI=1S/C13H11N3O8S/c1-24-12-6-10(16(19)20)13(25(21,22)23)5-9(12)15-14-8-3-2-7(17)4-11(8)18/h2-6,17-18H,1H3,(H,21,22,23). The van der Waals surface area contributed by atoms with E-state index in [0.717, 1.165) is 12.1 Å². The molecule has 11 nitrogen and oxygen atoms in total. The number of phenols is 2. The van der Waals surface area contributed by atoms with Crippen molar-refractivity contribution in [3.8, 4) is 17.2 Å². The Morgan fingerprint density at radius 1 is 1.12 bits per heavy atom. The molecule has 2 aromatic carbocycles. The molecule has 12 heteroatoms. The van der Waals surface area contributed by atoms with E-state index in [4.69, 9.17) is 9.29 Å². The van der Waals surface area contributed by atoms with Crippen molar-refractivity contribution in [2.75, 3.05) is 7.11 Å². The minimum Gasteiger partial charge on any atom is -0.508 e. The van der Waals surface area contributed by atoms with Gasteiger partial charge in [0.05, 0.1) is 18.1 Å². The van der Waals surface area contributed by atoms with Gasteiger partial charge >= 0.3 is 10.1 Å². The van der Waals surface area contributed by atoms with Crippen LogP contribution in [0.4, 0.5) is 17.1 Å². The Bertz CT molecular complexity index is 971. The van der Waals surface area contributed by atoms with E-state index in [2.05, 4.69) is 10.2 Å². The third-order valence-electron chi connectivity index (χ3n) is 2.96. The Kier molecular flexibility index (Phi) is 4.85. The average molecular weight is 369 g/mol. The molecule has 2 aromatic rings. The van der Waals surface area contributed by atoms with Crippen LogP contribution in [0, 0.1) is 10.1 Å². The molecule has 0 spiro atoms. The molecule has 2 rings (SSSR count). The minimum atomic E-state index is -4.90. The van der Waals surface area contributed by atoms with Crippen LogP contribution >= 0.6 is 0 Å². The Labute approximate surface area is 140 Å². The van der Waals surface area contributed by atoms with Crippen molar-refractivity contribution < 1.29 is 32.8 Å². The molecular weight excluding hydrogens is 358 g/mol. The Morgan fingerprint density at radius 2 is 1.76 bits per heavy atom. The van der Waals surface area contributed by atoms with E-state index < -0.39 is 31.4 Å². The van der Waals surface area contributed by atoms with E-state index in [9.17, 15) is 28.7 Å². The lowest BCUT2D eigenvalue weighted by Gasteiger charge is -2.06. The van der Waals surface area contributed by atoms with Crippen molar-refractivity contribution in [3.05, 3.63) is 40.4 Å². The number of rotatable bonds is 5. The molecule has 0 aliphatic carbocycles. The summed E-state index contributed by atoms with van der Waals surface area (Å²) < 4.78 is 36.8. The fourth-order valence-corrected chi connectivity index (χ4v) is 2.49. The maximum absolute atomic E-state index is 11.3. The second-order valence-corrected chi connectivity index (χ2v) is 5.99. The number of nitrogens with zero attached hydrogens (tertiary/aromatic N) is 3. The third kappa shape index (κ3) is 3.99. The first kappa shape index (κ1) is 18.1. The topological polar surface area (TPSA) is 172 Å². The normalized spacial score (nSPS) is 11.6. The zero-order valence-corrected chi connectivity index (χ0v) is 13.3. The third-order valence-corrected chi connectivity index (χ3v) is 3.84. The second kappa shape index (κ2) is 6.70. The fraction of sp³-hybridized carbons (Fsp3) is 0.0769. The first-order valence-corrected chi connectivity index (χ1v) is 7.85. The van der Waals surface area contributed by atoms with Crippen molar-refractivity contribution in [2.24, 2.45) is 10.2 Å². The van der Waals surface area contributed by atoms with Crippen LogP contribution in [0.15, 0.2) is 45.5 Å². The van der Waals surface area contributed by atoms with Crippen LogP contribution in [0.5, 0.6) is 17.2 Å². The van der Waals surface area contributed by atoms with E-state index in [1.54, 1.807) is 0 Å². The van der Waals surface area contributed by atoms with E-state index in [1.807, 2.05) is 0 Å².